The molecule has 0 radical (unpaired) electrons. The highest BCUT2D eigenvalue weighted by Gasteiger charge is 2.14. The van der Waals surface area contributed by atoms with E-state index in [1.165, 1.54) is 61.5 Å². The lowest BCUT2D eigenvalue weighted by atomic mass is 10.0. The van der Waals surface area contributed by atoms with E-state index in [4.69, 9.17) is 5.73 Å². The van der Waals surface area contributed by atoms with Gasteiger partial charge in [0.15, 0.2) is 0 Å². The van der Waals surface area contributed by atoms with E-state index in [0.29, 0.717) is 0 Å². The molecule has 0 aromatic heterocycles. The van der Waals surface area contributed by atoms with Crippen molar-refractivity contribution in [1.82, 2.24) is 4.90 Å². The first-order valence-electron chi connectivity index (χ1n) is 8.29. The van der Waals surface area contributed by atoms with Crippen LogP contribution in [0.15, 0.2) is 42.5 Å². The fourth-order valence-corrected chi connectivity index (χ4v) is 3.32. The van der Waals surface area contributed by atoms with Gasteiger partial charge in [0, 0.05) is 12.6 Å². The van der Waals surface area contributed by atoms with E-state index in [2.05, 4.69) is 47.4 Å². The van der Waals surface area contributed by atoms with Gasteiger partial charge >= 0.3 is 0 Å². The van der Waals surface area contributed by atoms with E-state index in [9.17, 15) is 0 Å². The fourth-order valence-electron chi connectivity index (χ4n) is 3.32. The molecule has 2 N–H and O–H groups in total. The molecule has 0 aliphatic carbocycles. The highest BCUT2D eigenvalue weighted by atomic mass is 15.1. The Morgan fingerprint density at radius 3 is 2.29 bits per heavy atom. The van der Waals surface area contributed by atoms with Crippen LogP contribution in [0.4, 0.5) is 0 Å². The van der Waals surface area contributed by atoms with Crippen LogP contribution < -0.4 is 5.73 Å². The van der Waals surface area contributed by atoms with Crippen LogP contribution in [0.5, 0.6) is 0 Å². The van der Waals surface area contributed by atoms with Gasteiger partial charge in [0.05, 0.1) is 0 Å². The van der Waals surface area contributed by atoms with Gasteiger partial charge in [-0.05, 0) is 48.3 Å². The molecule has 2 aromatic carbocycles. The number of hydrogen-bond acceptors (Lipinski definition) is 2. The Labute approximate surface area is 127 Å². The van der Waals surface area contributed by atoms with Gasteiger partial charge in [-0.2, -0.15) is 0 Å². The molecule has 0 bridgehead atoms. The van der Waals surface area contributed by atoms with Crippen LogP contribution in [0.2, 0.25) is 0 Å². The Balaban J connectivity index is 1.69. The predicted molar refractivity (Wildman–Crippen MR) is 90.4 cm³/mol. The zero-order valence-electron chi connectivity index (χ0n) is 12.8. The van der Waals surface area contributed by atoms with Crippen molar-refractivity contribution in [3.05, 3.63) is 48.0 Å². The summed E-state index contributed by atoms with van der Waals surface area (Å²) in [7, 11) is 0. The van der Waals surface area contributed by atoms with Crippen molar-refractivity contribution < 1.29 is 0 Å². The number of likely N-dealkylation sites (tertiary alicyclic amines) is 1. The van der Waals surface area contributed by atoms with Crippen molar-refractivity contribution in [1.29, 1.82) is 0 Å². The summed E-state index contributed by atoms with van der Waals surface area (Å²) in [4.78, 5) is 2.55. The molecule has 3 rings (SSSR count). The molecule has 1 aliphatic heterocycles. The lowest BCUT2D eigenvalue weighted by Crippen LogP contribution is -2.34. The Kier molecular flexibility index (Phi) is 4.89. The first-order valence-corrected chi connectivity index (χ1v) is 8.29. The van der Waals surface area contributed by atoms with Gasteiger partial charge in [-0.1, -0.05) is 55.7 Å². The third-order valence-corrected chi connectivity index (χ3v) is 4.61. The number of benzene rings is 2. The molecule has 1 atom stereocenters. The van der Waals surface area contributed by atoms with Gasteiger partial charge in [-0.25, -0.2) is 0 Å². The number of nitrogens with two attached hydrogens (primary N) is 1. The second-order valence-corrected chi connectivity index (χ2v) is 6.28. The van der Waals surface area contributed by atoms with Crippen LogP contribution in [0, 0.1) is 0 Å². The Morgan fingerprint density at radius 2 is 1.52 bits per heavy atom. The smallest absolute Gasteiger partial charge is 0.0424 e. The maximum absolute atomic E-state index is 6.47. The monoisotopic (exact) mass is 282 g/mol. The normalized spacial score (nSPS) is 19.1. The summed E-state index contributed by atoms with van der Waals surface area (Å²) in [6, 6.07) is 15.3. The van der Waals surface area contributed by atoms with Gasteiger partial charge in [0.2, 0.25) is 0 Å². The summed E-state index contributed by atoms with van der Waals surface area (Å²) in [5.41, 5.74) is 7.73. The minimum atomic E-state index is 0.119. The Hall–Kier alpha value is -1.38. The van der Waals surface area contributed by atoms with E-state index >= 15 is 0 Å². The molecule has 112 valence electrons. The molecular weight excluding hydrogens is 256 g/mol. The second-order valence-electron chi connectivity index (χ2n) is 6.28. The summed E-state index contributed by atoms with van der Waals surface area (Å²) in [6.07, 6.45) is 6.81. The summed E-state index contributed by atoms with van der Waals surface area (Å²) >= 11 is 0. The number of fused-ring (bicyclic) bond motifs is 1. The lowest BCUT2D eigenvalue weighted by Gasteiger charge is -2.27. The van der Waals surface area contributed by atoms with Crippen LogP contribution in [0.25, 0.3) is 10.8 Å². The van der Waals surface area contributed by atoms with Gasteiger partial charge in [0.1, 0.15) is 0 Å². The summed E-state index contributed by atoms with van der Waals surface area (Å²) < 4.78 is 0. The van der Waals surface area contributed by atoms with Crippen LogP contribution in [-0.2, 0) is 0 Å². The molecule has 1 aliphatic rings. The van der Waals surface area contributed by atoms with Crippen LogP contribution >= 0.6 is 0 Å². The van der Waals surface area contributed by atoms with Gasteiger partial charge < -0.3 is 10.6 Å². The predicted octanol–water partition coefficient (Wildman–Crippen LogP) is 4.11. The van der Waals surface area contributed by atoms with E-state index < -0.39 is 0 Å². The zero-order valence-corrected chi connectivity index (χ0v) is 12.8. The Morgan fingerprint density at radius 1 is 0.857 bits per heavy atom. The van der Waals surface area contributed by atoms with E-state index in [1.807, 2.05) is 0 Å². The maximum Gasteiger partial charge on any atom is 0.0424 e. The zero-order chi connectivity index (χ0) is 14.5. The quantitative estimate of drug-likeness (QED) is 0.918. The number of rotatable bonds is 3. The van der Waals surface area contributed by atoms with Crippen molar-refractivity contribution in [3.8, 4) is 0 Å². The highest BCUT2D eigenvalue weighted by Crippen LogP contribution is 2.21. The van der Waals surface area contributed by atoms with Crippen LogP contribution in [0.1, 0.15) is 43.7 Å². The highest BCUT2D eigenvalue weighted by molar-refractivity contribution is 5.83. The average Bonchev–Trinajstić information content (AvgIpc) is 2.49. The molecule has 1 saturated heterocycles. The molecule has 2 aromatic rings. The Bertz CT molecular complexity index is 571. The number of hydrogen-bond donors (Lipinski definition) is 1. The van der Waals surface area contributed by atoms with E-state index in [1.54, 1.807) is 0 Å². The van der Waals surface area contributed by atoms with Crippen LogP contribution in [-0.4, -0.2) is 24.5 Å². The second kappa shape index (κ2) is 7.06. The molecule has 2 nitrogen and oxygen atoms in total. The third-order valence-electron chi connectivity index (χ3n) is 4.61. The molecule has 2 heteroatoms. The van der Waals surface area contributed by atoms with Crippen molar-refractivity contribution in [3.63, 3.8) is 0 Å². The molecule has 0 amide bonds. The first-order chi connectivity index (χ1) is 10.3. The van der Waals surface area contributed by atoms with E-state index in [0.717, 1.165) is 6.54 Å². The third kappa shape index (κ3) is 3.84. The minimum absolute atomic E-state index is 0.119. The lowest BCUT2D eigenvalue weighted by molar-refractivity contribution is 0.234. The summed E-state index contributed by atoms with van der Waals surface area (Å²) in [5.74, 6) is 0. The van der Waals surface area contributed by atoms with Gasteiger partial charge in [-0.3, -0.25) is 0 Å². The topological polar surface area (TPSA) is 29.3 Å². The van der Waals surface area contributed by atoms with Crippen molar-refractivity contribution in [2.75, 3.05) is 19.6 Å². The maximum atomic E-state index is 6.47. The molecule has 0 saturated carbocycles. The SMILES string of the molecule is NC(CN1CCCCCCC1)c1ccc2ccccc2c1. The van der Waals surface area contributed by atoms with Crippen LogP contribution in [0.3, 0.4) is 0 Å². The standard InChI is InChI=1S/C19H26N2/c20-19(15-21-12-6-2-1-3-7-13-21)18-11-10-16-8-4-5-9-17(16)14-18/h4-5,8-11,14,19H,1-3,6-7,12-13,15,20H2. The molecule has 1 fully saturated rings. The van der Waals surface area contributed by atoms with E-state index in [-0.39, 0.29) is 6.04 Å². The minimum Gasteiger partial charge on any atom is -0.323 e. The first kappa shape index (κ1) is 14.6. The van der Waals surface area contributed by atoms with Gasteiger partial charge in [0.25, 0.3) is 0 Å². The van der Waals surface area contributed by atoms with Crippen molar-refractivity contribution in [2.24, 2.45) is 5.73 Å². The average molecular weight is 282 g/mol. The fraction of sp³-hybridized carbons (Fsp3) is 0.474. The summed E-state index contributed by atoms with van der Waals surface area (Å²) in [5, 5.41) is 2.58. The molecular formula is C19H26N2. The molecule has 1 unspecified atom stereocenters. The number of nitrogens with zero attached hydrogens (tertiary/aromatic N) is 1. The van der Waals surface area contributed by atoms with Gasteiger partial charge in [-0.15, -0.1) is 0 Å². The van der Waals surface area contributed by atoms with Crippen molar-refractivity contribution >= 4 is 10.8 Å². The molecule has 1 heterocycles. The molecule has 0 spiro atoms. The summed E-state index contributed by atoms with van der Waals surface area (Å²) in [6.45, 7) is 3.40. The molecule has 21 heavy (non-hydrogen) atoms. The van der Waals surface area contributed by atoms with Crippen molar-refractivity contribution in [2.45, 2.75) is 38.1 Å². The largest absolute Gasteiger partial charge is 0.323 e.